The second-order valence-electron chi connectivity index (χ2n) is 7.15. The molecule has 4 rings (SSSR count). The SMILES string of the molecule is CC(=O)C1=C(O)c2ccc(-c3ccc(F)cc3)n2C2(CCCCC2)C1=O. The molecule has 0 saturated heterocycles. The maximum absolute atomic E-state index is 13.3. The molecule has 26 heavy (non-hydrogen) atoms. The highest BCUT2D eigenvalue weighted by molar-refractivity contribution is 6.27. The van der Waals surface area contributed by atoms with Gasteiger partial charge < -0.3 is 9.67 Å². The van der Waals surface area contributed by atoms with Crippen LogP contribution in [0.4, 0.5) is 4.39 Å². The molecule has 0 bridgehead atoms. The lowest BCUT2D eigenvalue weighted by atomic mass is 9.73. The minimum absolute atomic E-state index is 0.0943. The Bertz CT molecular complexity index is 931. The number of hydrogen-bond acceptors (Lipinski definition) is 3. The number of hydrogen-bond donors (Lipinski definition) is 1. The number of Topliss-reactive ketones (excluding diaryl/α,β-unsaturated/α-hetero) is 2. The molecule has 1 N–H and O–H groups in total. The molecule has 0 radical (unpaired) electrons. The fraction of sp³-hybridized carbons (Fsp3) is 0.333. The van der Waals surface area contributed by atoms with E-state index in [0.29, 0.717) is 18.5 Å². The van der Waals surface area contributed by atoms with Gasteiger partial charge in [-0.1, -0.05) is 19.3 Å². The summed E-state index contributed by atoms with van der Waals surface area (Å²) in [5.74, 6) is -1.29. The zero-order valence-electron chi connectivity index (χ0n) is 14.6. The van der Waals surface area contributed by atoms with Gasteiger partial charge in [-0.2, -0.15) is 0 Å². The van der Waals surface area contributed by atoms with Crippen molar-refractivity contribution < 1.29 is 19.1 Å². The Morgan fingerprint density at radius 1 is 1.04 bits per heavy atom. The molecular formula is C21H20FNO3. The van der Waals surface area contributed by atoms with Gasteiger partial charge in [-0.15, -0.1) is 0 Å². The van der Waals surface area contributed by atoms with Crippen molar-refractivity contribution in [1.82, 2.24) is 4.57 Å². The summed E-state index contributed by atoms with van der Waals surface area (Å²) in [6.07, 6.45) is 4.08. The van der Waals surface area contributed by atoms with Crippen molar-refractivity contribution in [3.05, 3.63) is 53.5 Å². The standard InChI is InChI=1S/C21H20FNO3/c1-13(24)18-19(25)17-10-9-16(14-5-7-15(22)8-6-14)23(17)21(20(18)26)11-3-2-4-12-21/h5-10,25H,2-4,11-12H2,1H3. The Labute approximate surface area is 151 Å². The normalized spacial score (nSPS) is 18.9. The van der Waals surface area contributed by atoms with Gasteiger partial charge in [-0.25, -0.2) is 4.39 Å². The van der Waals surface area contributed by atoms with E-state index in [9.17, 15) is 19.1 Å². The van der Waals surface area contributed by atoms with E-state index >= 15 is 0 Å². The number of carbonyl (C=O) groups is 2. The summed E-state index contributed by atoms with van der Waals surface area (Å²) in [5.41, 5.74) is 1.06. The highest BCUT2D eigenvalue weighted by Crippen LogP contribution is 2.46. The van der Waals surface area contributed by atoms with Crippen LogP contribution >= 0.6 is 0 Å². The zero-order chi connectivity index (χ0) is 18.5. The van der Waals surface area contributed by atoms with E-state index in [1.54, 1.807) is 18.2 Å². The summed E-state index contributed by atoms with van der Waals surface area (Å²) in [6.45, 7) is 1.32. The highest BCUT2D eigenvalue weighted by atomic mass is 19.1. The van der Waals surface area contributed by atoms with Gasteiger partial charge in [0.25, 0.3) is 0 Å². The molecule has 1 saturated carbocycles. The third-order valence-electron chi connectivity index (χ3n) is 5.61. The number of rotatable bonds is 2. The van der Waals surface area contributed by atoms with Crippen LogP contribution in [0.2, 0.25) is 0 Å². The molecule has 0 unspecified atom stereocenters. The molecule has 1 aromatic heterocycles. The Morgan fingerprint density at radius 3 is 2.27 bits per heavy atom. The second-order valence-corrected chi connectivity index (χ2v) is 7.15. The molecular weight excluding hydrogens is 333 g/mol. The van der Waals surface area contributed by atoms with Crippen molar-refractivity contribution in [2.24, 2.45) is 0 Å². The lowest BCUT2D eigenvalue weighted by Gasteiger charge is -2.42. The Balaban J connectivity index is 2.00. The first-order chi connectivity index (χ1) is 12.5. The molecule has 1 fully saturated rings. The smallest absolute Gasteiger partial charge is 0.196 e. The minimum Gasteiger partial charge on any atom is -0.505 e. The van der Waals surface area contributed by atoms with Crippen molar-refractivity contribution in [2.45, 2.75) is 44.6 Å². The van der Waals surface area contributed by atoms with Crippen LogP contribution in [0.15, 0.2) is 42.0 Å². The van der Waals surface area contributed by atoms with Gasteiger partial charge in [-0.05, 0) is 61.7 Å². The Hall–Kier alpha value is -2.69. The highest BCUT2D eigenvalue weighted by Gasteiger charge is 2.49. The van der Waals surface area contributed by atoms with E-state index < -0.39 is 11.3 Å². The van der Waals surface area contributed by atoms with E-state index in [4.69, 9.17) is 0 Å². The van der Waals surface area contributed by atoms with Crippen molar-refractivity contribution in [2.75, 3.05) is 0 Å². The van der Waals surface area contributed by atoms with Crippen LogP contribution in [-0.4, -0.2) is 21.2 Å². The first kappa shape index (κ1) is 16.8. The molecule has 1 aliphatic heterocycles. The van der Waals surface area contributed by atoms with Crippen molar-refractivity contribution in [1.29, 1.82) is 0 Å². The Kier molecular flexibility index (Phi) is 3.83. The number of carbonyl (C=O) groups excluding carboxylic acids is 2. The van der Waals surface area contributed by atoms with Crippen LogP contribution < -0.4 is 0 Å². The van der Waals surface area contributed by atoms with E-state index in [2.05, 4.69) is 0 Å². The van der Waals surface area contributed by atoms with Gasteiger partial charge in [0.15, 0.2) is 17.3 Å². The molecule has 2 aromatic rings. The summed E-state index contributed by atoms with van der Waals surface area (Å²) >= 11 is 0. The third-order valence-corrected chi connectivity index (χ3v) is 5.61. The van der Waals surface area contributed by atoms with Crippen LogP contribution in [0.3, 0.4) is 0 Å². The lowest BCUT2D eigenvalue weighted by molar-refractivity contribution is -0.128. The molecule has 1 aromatic carbocycles. The minimum atomic E-state index is -0.853. The van der Waals surface area contributed by atoms with Crippen LogP contribution in [0.5, 0.6) is 0 Å². The topological polar surface area (TPSA) is 59.3 Å². The van der Waals surface area contributed by atoms with E-state index in [1.165, 1.54) is 19.1 Å². The Morgan fingerprint density at radius 2 is 1.65 bits per heavy atom. The number of aliphatic hydroxyl groups excluding tert-OH is 1. The fourth-order valence-electron chi connectivity index (χ4n) is 4.41. The van der Waals surface area contributed by atoms with Crippen molar-refractivity contribution in [3.63, 3.8) is 0 Å². The maximum atomic E-state index is 13.3. The van der Waals surface area contributed by atoms with E-state index in [-0.39, 0.29) is 22.9 Å². The van der Waals surface area contributed by atoms with Gasteiger partial charge in [-0.3, -0.25) is 9.59 Å². The number of aromatic nitrogens is 1. The average molecular weight is 353 g/mol. The number of benzene rings is 1. The largest absolute Gasteiger partial charge is 0.505 e. The summed E-state index contributed by atoms with van der Waals surface area (Å²) in [6, 6.07) is 9.65. The molecule has 2 aliphatic rings. The second kappa shape index (κ2) is 5.94. The quantitative estimate of drug-likeness (QED) is 0.815. The molecule has 2 heterocycles. The van der Waals surface area contributed by atoms with Gasteiger partial charge in [0.1, 0.15) is 16.9 Å². The number of halogens is 1. The predicted octanol–water partition coefficient (Wildman–Crippen LogP) is 4.39. The molecule has 1 aliphatic carbocycles. The summed E-state index contributed by atoms with van der Waals surface area (Å²) in [4.78, 5) is 25.4. The molecule has 0 amide bonds. The average Bonchev–Trinajstić information content (AvgIpc) is 3.08. The van der Waals surface area contributed by atoms with Crippen LogP contribution in [-0.2, 0) is 15.1 Å². The number of allylic oxidation sites excluding steroid dienone is 1. The number of ketones is 2. The maximum Gasteiger partial charge on any atom is 0.196 e. The van der Waals surface area contributed by atoms with E-state index in [0.717, 1.165) is 30.5 Å². The monoisotopic (exact) mass is 353 g/mol. The summed E-state index contributed by atoms with van der Waals surface area (Å²) in [7, 11) is 0. The van der Waals surface area contributed by atoms with Gasteiger partial charge in [0, 0.05) is 5.69 Å². The number of fused-ring (bicyclic) bond motifs is 2. The van der Waals surface area contributed by atoms with Crippen LogP contribution in [0, 0.1) is 5.82 Å². The molecule has 5 heteroatoms. The first-order valence-corrected chi connectivity index (χ1v) is 8.93. The number of nitrogens with zero attached hydrogens (tertiary/aromatic N) is 1. The first-order valence-electron chi connectivity index (χ1n) is 8.93. The van der Waals surface area contributed by atoms with Gasteiger partial charge in [0.05, 0.1) is 5.69 Å². The molecule has 4 nitrogen and oxygen atoms in total. The molecule has 0 atom stereocenters. The van der Waals surface area contributed by atoms with Crippen molar-refractivity contribution >= 4 is 17.3 Å². The van der Waals surface area contributed by atoms with Crippen LogP contribution in [0.1, 0.15) is 44.7 Å². The van der Waals surface area contributed by atoms with E-state index in [1.807, 2.05) is 10.6 Å². The third kappa shape index (κ3) is 2.26. The van der Waals surface area contributed by atoms with Crippen molar-refractivity contribution in [3.8, 4) is 11.3 Å². The fourth-order valence-corrected chi connectivity index (χ4v) is 4.41. The molecule has 134 valence electrons. The molecule has 1 spiro atoms. The zero-order valence-corrected chi connectivity index (χ0v) is 14.6. The lowest BCUT2D eigenvalue weighted by Crippen LogP contribution is -2.49. The van der Waals surface area contributed by atoms with Gasteiger partial charge >= 0.3 is 0 Å². The van der Waals surface area contributed by atoms with Crippen LogP contribution in [0.25, 0.3) is 17.0 Å². The summed E-state index contributed by atoms with van der Waals surface area (Å²) in [5, 5.41) is 10.6. The summed E-state index contributed by atoms with van der Waals surface area (Å²) < 4.78 is 15.2. The number of aliphatic hydroxyl groups is 1. The predicted molar refractivity (Wildman–Crippen MR) is 96.1 cm³/mol. The van der Waals surface area contributed by atoms with Gasteiger partial charge in [0.2, 0.25) is 0 Å².